The van der Waals surface area contributed by atoms with Gasteiger partial charge in [0.25, 0.3) is 0 Å². The van der Waals surface area contributed by atoms with Gasteiger partial charge in [0.15, 0.2) is 0 Å². The third-order valence-electron chi connectivity index (χ3n) is 2.67. The Hall–Kier alpha value is -1.73. The number of rotatable bonds is 5. The first-order chi connectivity index (χ1) is 8.59. The van der Waals surface area contributed by atoms with E-state index in [1.165, 1.54) is 11.3 Å². The van der Waals surface area contributed by atoms with E-state index in [4.69, 9.17) is 5.11 Å². The van der Waals surface area contributed by atoms with Gasteiger partial charge < -0.3 is 15.0 Å². The second-order valence-electron chi connectivity index (χ2n) is 3.98. The van der Waals surface area contributed by atoms with E-state index in [1.54, 1.807) is 11.7 Å². The number of carboxylic acid groups (broad SMARTS) is 1. The summed E-state index contributed by atoms with van der Waals surface area (Å²) in [7, 11) is 1.88. The minimum atomic E-state index is -0.881. The van der Waals surface area contributed by atoms with Gasteiger partial charge in [-0.05, 0) is 23.9 Å². The molecule has 96 valence electrons. The highest BCUT2D eigenvalue weighted by Gasteiger charge is 2.14. The molecule has 2 aromatic rings. The van der Waals surface area contributed by atoms with E-state index in [-0.39, 0.29) is 6.04 Å². The van der Waals surface area contributed by atoms with Crippen molar-refractivity contribution >= 4 is 17.3 Å². The summed E-state index contributed by atoms with van der Waals surface area (Å²) in [5, 5.41) is 21.9. The zero-order valence-electron chi connectivity index (χ0n) is 10.1. The Morgan fingerprint density at radius 1 is 1.67 bits per heavy atom. The SMILES string of the molecule is CC(NCc1ccsc1C(=O)O)c1nncn1C. The molecule has 0 fully saturated rings. The molecule has 0 aliphatic rings. The molecule has 6 nitrogen and oxygen atoms in total. The molecule has 0 saturated heterocycles. The number of hydrogen-bond acceptors (Lipinski definition) is 5. The average Bonchev–Trinajstić information content (AvgIpc) is 2.94. The molecule has 0 aromatic carbocycles. The summed E-state index contributed by atoms with van der Waals surface area (Å²) in [4.78, 5) is 11.3. The maximum atomic E-state index is 11.0. The van der Waals surface area contributed by atoms with Gasteiger partial charge in [-0.15, -0.1) is 21.5 Å². The fraction of sp³-hybridized carbons (Fsp3) is 0.364. The van der Waals surface area contributed by atoms with Gasteiger partial charge in [-0.1, -0.05) is 0 Å². The molecule has 18 heavy (non-hydrogen) atoms. The number of hydrogen-bond donors (Lipinski definition) is 2. The Bertz CT molecular complexity index is 549. The van der Waals surface area contributed by atoms with Gasteiger partial charge in [0.1, 0.15) is 17.0 Å². The van der Waals surface area contributed by atoms with Gasteiger partial charge in [-0.3, -0.25) is 0 Å². The lowest BCUT2D eigenvalue weighted by atomic mass is 10.2. The first-order valence-corrected chi connectivity index (χ1v) is 6.34. The molecule has 0 spiro atoms. The molecule has 2 rings (SSSR count). The standard InChI is InChI=1S/C11H14N4O2S/c1-7(10-14-13-6-15(10)2)12-5-8-3-4-18-9(8)11(16)17/h3-4,6-7,12H,5H2,1-2H3,(H,16,17). The third-order valence-corrected chi connectivity index (χ3v) is 3.62. The molecule has 7 heteroatoms. The lowest BCUT2D eigenvalue weighted by Crippen LogP contribution is -2.21. The Morgan fingerprint density at radius 3 is 3.06 bits per heavy atom. The van der Waals surface area contributed by atoms with Crippen LogP contribution < -0.4 is 5.32 Å². The molecule has 2 N–H and O–H groups in total. The average molecular weight is 266 g/mol. The number of nitrogens with zero attached hydrogens (tertiary/aromatic N) is 3. The zero-order chi connectivity index (χ0) is 13.1. The number of carboxylic acids is 1. The number of nitrogens with one attached hydrogen (secondary N) is 1. The van der Waals surface area contributed by atoms with E-state index in [2.05, 4.69) is 15.5 Å². The maximum Gasteiger partial charge on any atom is 0.346 e. The van der Waals surface area contributed by atoms with Crippen molar-refractivity contribution in [3.8, 4) is 0 Å². The van der Waals surface area contributed by atoms with Crippen LogP contribution in [0.15, 0.2) is 17.8 Å². The molecule has 1 atom stereocenters. The van der Waals surface area contributed by atoms with Crippen molar-refractivity contribution in [3.05, 3.63) is 34.0 Å². The highest BCUT2D eigenvalue weighted by Crippen LogP contribution is 2.18. The summed E-state index contributed by atoms with van der Waals surface area (Å²) < 4.78 is 1.84. The van der Waals surface area contributed by atoms with Crippen LogP contribution in [0.5, 0.6) is 0 Å². The summed E-state index contributed by atoms with van der Waals surface area (Å²) in [5.41, 5.74) is 0.793. The summed E-state index contributed by atoms with van der Waals surface area (Å²) in [6.07, 6.45) is 1.64. The first kappa shape index (κ1) is 12.7. The van der Waals surface area contributed by atoms with Gasteiger partial charge in [0, 0.05) is 13.6 Å². The minimum absolute atomic E-state index is 0.0130. The maximum absolute atomic E-state index is 11.0. The van der Waals surface area contributed by atoms with Crippen LogP contribution >= 0.6 is 11.3 Å². The molecule has 0 saturated carbocycles. The Balaban J connectivity index is 2.02. The number of thiophene rings is 1. The predicted octanol–water partition coefficient (Wildman–Crippen LogP) is 1.43. The molecule has 0 radical (unpaired) electrons. The second kappa shape index (κ2) is 5.28. The minimum Gasteiger partial charge on any atom is -0.477 e. The van der Waals surface area contributed by atoms with Crippen LogP contribution in [0.3, 0.4) is 0 Å². The van der Waals surface area contributed by atoms with Gasteiger partial charge in [-0.25, -0.2) is 4.79 Å². The molecule has 0 amide bonds. The number of carbonyl (C=O) groups is 1. The van der Waals surface area contributed by atoms with Gasteiger partial charge in [-0.2, -0.15) is 0 Å². The topological polar surface area (TPSA) is 80.0 Å². The van der Waals surface area contributed by atoms with Crippen molar-refractivity contribution in [3.63, 3.8) is 0 Å². The molecule has 2 aromatic heterocycles. The molecule has 0 aliphatic carbocycles. The van der Waals surface area contributed by atoms with Crippen molar-refractivity contribution in [1.82, 2.24) is 20.1 Å². The van der Waals surface area contributed by atoms with Crippen LogP contribution in [-0.4, -0.2) is 25.8 Å². The van der Waals surface area contributed by atoms with Crippen LogP contribution in [0.1, 0.15) is 34.0 Å². The number of aromatic nitrogens is 3. The van der Waals surface area contributed by atoms with Gasteiger partial charge in [0.05, 0.1) is 6.04 Å². The fourth-order valence-electron chi connectivity index (χ4n) is 1.70. The Morgan fingerprint density at radius 2 is 2.44 bits per heavy atom. The van der Waals surface area contributed by atoms with E-state index in [1.807, 2.05) is 24.6 Å². The third kappa shape index (κ3) is 2.57. The van der Waals surface area contributed by atoms with Crippen molar-refractivity contribution in [2.45, 2.75) is 19.5 Å². The van der Waals surface area contributed by atoms with Crippen LogP contribution in [0.4, 0.5) is 0 Å². The van der Waals surface area contributed by atoms with E-state index in [0.717, 1.165) is 11.4 Å². The van der Waals surface area contributed by atoms with Gasteiger partial charge >= 0.3 is 5.97 Å². The number of aromatic carboxylic acids is 1. The smallest absolute Gasteiger partial charge is 0.346 e. The monoisotopic (exact) mass is 266 g/mol. The molecule has 2 heterocycles. The zero-order valence-corrected chi connectivity index (χ0v) is 10.9. The summed E-state index contributed by atoms with van der Waals surface area (Å²) >= 11 is 1.24. The van der Waals surface area contributed by atoms with Crippen LogP contribution in [0, 0.1) is 0 Å². The van der Waals surface area contributed by atoms with E-state index in [0.29, 0.717) is 11.4 Å². The van der Waals surface area contributed by atoms with E-state index in [9.17, 15) is 4.79 Å². The van der Waals surface area contributed by atoms with Crippen molar-refractivity contribution < 1.29 is 9.90 Å². The Kier molecular flexibility index (Phi) is 3.73. The van der Waals surface area contributed by atoms with E-state index >= 15 is 0 Å². The van der Waals surface area contributed by atoms with Crippen molar-refractivity contribution in [1.29, 1.82) is 0 Å². The summed E-state index contributed by atoms with van der Waals surface area (Å²) in [6.45, 7) is 2.47. The summed E-state index contributed by atoms with van der Waals surface area (Å²) in [6, 6.07) is 1.84. The first-order valence-electron chi connectivity index (χ1n) is 5.46. The normalized spacial score (nSPS) is 12.6. The van der Waals surface area contributed by atoms with Crippen LogP contribution in [0.25, 0.3) is 0 Å². The lowest BCUT2D eigenvalue weighted by Gasteiger charge is -2.12. The molecule has 0 bridgehead atoms. The van der Waals surface area contributed by atoms with Gasteiger partial charge in [0.2, 0.25) is 0 Å². The second-order valence-corrected chi connectivity index (χ2v) is 4.90. The molecular formula is C11H14N4O2S. The summed E-state index contributed by atoms with van der Waals surface area (Å²) in [5.74, 6) is -0.0600. The molecule has 0 aliphatic heterocycles. The van der Waals surface area contributed by atoms with Crippen molar-refractivity contribution in [2.24, 2.45) is 7.05 Å². The highest BCUT2D eigenvalue weighted by molar-refractivity contribution is 7.12. The van der Waals surface area contributed by atoms with Crippen LogP contribution in [0.2, 0.25) is 0 Å². The molecular weight excluding hydrogens is 252 g/mol. The highest BCUT2D eigenvalue weighted by atomic mass is 32.1. The quantitative estimate of drug-likeness (QED) is 0.855. The lowest BCUT2D eigenvalue weighted by molar-refractivity contribution is 0.0701. The Labute approximate surface area is 108 Å². The van der Waals surface area contributed by atoms with E-state index < -0.39 is 5.97 Å². The predicted molar refractivity (Wildman–Crippen MR) is 67.5 cm³/mol. The van der Waals surface area contributed by atoms with Crippen molar-refractivity contribution in [2.75, 3.05) is 0 Å². The fourth-order valence-corrected chi connectivity index (χ4v) is 2.46. The van der Waals surface area contributed by atoms with Crippen LogP contribution in [-0.2, 0) is 13.6 Å². The molecule has 1 unspecified atom stereocenters. The number of aryl methyl sites for hydroxylation is 1. The largest absolute Gasteiger partial charge is 0.477 e.